The van der Waals surface area contributed by atoms with Gasteiger partial charge in [0.25, 0.3) is 0 Å². The average molecular weight is 262 g/mol. The maximum atomic E-state index is 7.27. The maximum Gasteiger partial charge on any atom is 0.232 e. The highest BCUT2D eigenvalue weighted by molar-refractivity contribution is 5.92. The second-order valence-electron chi connectivity index (χ2n) is 6.31. The minimum absolute atomic E-state index is 0.0773. The van der Waals surface area contributed by atoms with Crippen molar-refractivity contribution < 1.29 is 4.74 Å². The van der Waals surface area contributed by atoms with Gasteiger partial charge in [0, 0.05) is 0 Å². The third-order valence-electron chi connectivity index (χ3n) is 3.54. The van der Waals surface area contributed by atoms with Gasteiger partial charge in [-0.2, -0.15) is 0 Å². The molecule has 0 amide bonds. The first-order valence-electron chi connectivity index (χ1n) is 6.69. The Hall–Kier alpha value is -1.65. The number of rotatable bonds is 3. The zero-order chi connectivity index (χ0) is 14.0. The summed E-state index contributed by atoms with van der Waals surface area (Å²) in [7, 11) is 0. The van der Waals surface area contributed by atoms with Gasteiger partial charge in [0.2, 0.25) is 5.88 Å². The molecule has 104 valence electrons. The van der Waals surface area contributed by atoms with Crippen molar-refractivity contribution in [3.8, 4) is 5.88 Å². The summed E-state index contributed by atoms with van der Waals surface area (Å²) in [4.78, 5) is 8.22. The molecule has 0 aromatic carbocycles. The van der Waals surface area contributed by atoms with Gasteiger partial charge < -0.3 is 10.5 Å². The Labute approximate surface area is 114 Å². The number of nitrogens with two attached hydrogens (primary N) is 1. The zero-order valence-corrected chi connectivity index (χ0v) is 11.8. The molecule has 1 aromatic rings. The van der Waals surface area contributed by atoms with Gasteiger partial charge in [0.15, 0.2) is 0 Å². The van der Waals surface area contributed by atoms with Gasteiger partial charge in [-0.3, -0.25) is 5.41 Å². The van der Waals surface area contributed by atoms with Crippen molar-refractivity contribution in [1.29, 1.82) is 5.41 Å². The zero-order valence-electron chi connectivity index (χ0n) is 11.8. The molecule has 0 spiro atoms. The van der Waals surface area contributed by atoms with E-state index in [4.69, 9.17) is 15.9 Å². The van der Waals surface area contributed by atoms with E-state index in [-0.39, 0.29) is 11.9 Å². The number of nitrogens with zero attached hydrogens (tertiary/aromatic N) is 2. The van der Waals surface area contributed by atoms with Crippen LogP contribution >= 0.6 is 0 Å². The van der Waals surface area contributed by atoms with Crippen LogP contribution in [0.4, 0.5) is 0 Å². The number of hydrogen-bond acceptors (Lipinski definition) is 4. The molecule has 0 saturated heterocycles. The Kier molecular flexibility index (Phi) is 3.73. The molecule has 0 bridgehead atoms. The molecule has 3 N–H and O–H groups in total. The van der Waals surface area contributed by atoms with Gasteiger partial charge in [-0.1, -0.05) is 20.8 Å². The first-order valence-corrected chi connectivity index (χ1v) is 6.69. The van der Waals surface area contributed by atoms with Crippen LogP contribution in [0.1, 0.15) is 45.7 Å². The normalized spacial score (nSPS) is 25.8. The second kappa shape index (κ2) is 5.15. The Morgan fingerprint density at radius 2 is 2.11 bits per heavy atom. The number of aromatic nitrogens is 2. The second-order valence-corrected chi connectivity index (χ2v) is 6.31. The van der Waals surface area contributed by atoms with Crippen LogP contribution in [-0.4, -0.2) is 21.9 Å². The summed E-state index contributed by atoms with van der Waals surface area (Å²) >= 11 is 0. The van der Waals surface area contributed by atoms with E-state index in [1.807, 2.05) is 0 Å². The van der Waals surface area contributed by atoms with Crippen molar-refractivity contribution in [3.05, 3.63) is 18.1 Å². The first-order chi connectivity index (χ1) is 8.85. The lowest BCUT2D eigenvalue weighted by molar-refractivity contribution is 0.0529. The van der Waals surface area contributed by atoms with Crippen LogP contribution in [0, 0.1) is 16.7 Å². The molecule has 19 heavy (non-hydrogen) atoms. The first kappa shape index (κ1) is 13.8. The van der Waals surface area contributed by atoms with Crippen LogP contribution in [0.5, 0.6) is 5.88 Å². The number of nitrogen functional groups attached to an aromatic ring is 1. The monoisotopic (exact) mass is 262 g/mol. The molecular weight excluding hydrogens is 240 g/mol. The Balaban J connectivity index is 2.02. The van der Waals surface area contributed by atoms with E-state index in [0.717, 1.165) is 12.8 Å². The molecule has 1 heterocycles. The molecule has 2 rings (SSSR count). The predicted octanol–water partition coefficient (Wildman–Crippen LogP) is 2.35. The van der Waals surface area contributed by atoms with E-state index in [0.29, 0.717) is 22.9 Å². The fraction of sp³-hybridized carbons (Fsp3) is 0.643. The van der Waals surface area contributed by atoms with Crippen LogP contribution in [0.3, 0.4) is 0 Å². The largest absolute Gasteiger partial charge is 0.473 e. The summed E-state index contributed by atoms with van der Waals surface area (Å²) in [6.45, 7) is 6.83. The van der Waals surface area contributed by atoms with Crippen molar-refractivity contribution in [2.75, 3.05) is 0 Å². The molecule has 1 aliphatic carbocycles. The van der Waals surface area contributed by atoms with Gasteiger partial charge in [-0.15, -0.1) is 0 Å². The third-order valence-corrected chi connectivity index (χ3v) is 3.54. The summed E-state index contributed by atoms with van der Waals surface area (Å²) in [6.07, 6.45) is 6.55. The lowest BCUT2D eigenvalue weighted by Crippen LogP contribution is -2.34. The Morgan fingerprint density at radius 1 is 1.37 bits per heavy atom. The van der Waals surface area contributed by atoms with E-state index in [1.54, 1.807) is 6.20 Å². The standard InChI is InChI=1S/C14H22N4O/c1-9-4-10(6-14(2,3)5-9)19-12-8-17-11(7-18-12)13(15)16/h7-10H,4-6H2,1-3H3,(H3,15,16). The maximum absolute atomic E-state index is 7.27. The number of hydrogen-bond donors (Lipinski definition) is 2. The van der Waals surface area contributed by atoms with Gasteiger partial charge in [-0.05, 0) is 30.6 Å². The molecular formula is C14H22N4O. The van der Waals surface area contributed by atoms with Crippen molar-refractivity contribution in [3.63, 3.8) is 0 Å². The van der Waals surface area contributed by atoms with Gasteiger partial charge in [0.05, 0.1) is 12.4 Å². The summed E-state index contributed by atoms with van der Waals surface area (Å²) in [6, 6.07) is 0. The number of ether oxygens (including phenoxy) is 1. The number of nitrogens with one attached hydrogen (secondary N) is 1. The fourth-order valence-corrected chi connectivity index (χ4v) is 3.04. The summed E-state index contributed by atoms with van der Waals surface area (Å²) in [5.74, 6) is 1.10. The van der Waals surface area contributed by atoms with Crippen LogP contribution < -0.4 is 10.5 Å². The summed E-state index contributed by atoms with van der Waals surface area (Å²) < 4.78 is 5.91. The van der Waals surface area contributed by atoms with Crippen LogP contribution in [0.15, 0.2) is 12.4 Å². The topological polar surface area (TPSA) is 84.9 Å². The Bertz CT molecular complexity index is 455. The predicted molar refractivity (Wildman–Crippen MR) is 74.3 cm³/mol. The SMILES string of the molecule is CC1CC(Oc2cnc(C(=N)N)cn2)CC(C)(C)C1. The van der Waals surface area contributed by atoms with E-state index in [2.05, 4.69) is 30.7 Å². The molecule has 0 aliphatic heterocycles. The molecule has 2 unspecified atom stereocenters. The minimum atomic E-state index is -0.0773. The highest BCUT2D eigenvalue weighted by Crippen LogP contribution is 2.39. The van der Waals surface area contributed by atoms with Gasteiger partial charge in [0.1, 0.15) is 17.6 Å². The fourth-order valence-electron chi connectivity index (χ4n) is 3.04. The van der Waals surface area contributed by atoms with Crippen molar-refractivity contribution in [1.82, 2.24) is 9.97 Å². The van der Waals surface area contributed by atoms with E-state index in [1.165, 1.54) is 12.6 Å². The van der Waals surface area contributed by atoms with Gasteiger partial charge in [-0.25, -0.2) is 9.97 Å². The van der Waals surface area contributed by atoms with E-state index < -0.39 is 0 Å². The highest BCUT2D eigenvalue weighted by Gasteiger charge is 2.33. The van der Waals surface area contributed by atoms with Crippen LogP contribution in [0.25, 0.3) is 0 Å². The van der Waals surface area contributed by atoms with Crippen molar-refractivity contribution >= 4 is 5.84 Å². The molecule has 1 saturated carbocycles. The summed E-state index contributed by atoms with van der Waals surface area (Å²) in [5, 5.41) is 7.27. The molecule has 1 aromatic heterocycles. The third kappa shape index (κ3) is 3.66. The lowest BCUT2D eigenvalue weighted by Gasteiger charge is -2.38. The van der Waals surface area contributed by atoms with E-state index in [9.17, 15) is 0 Å². The quantitative estimate of drug-likeness (QED) is 0.647. The molecule has 5 nitrogen and oxygen atoms in total. The lowest BCUT2D eigenvalue weighted by atomic mass is 9.71. The van der Waals surface area contributed by atoms with Crippen molar-refractivity contribution in [2.45, 2.75) is 46.1 Å². The molecule has 0 radical (unpaired) electrons. The highest BCUT2D eigenvalue weighted by atomic mass is 16.5. The minimum Gasteiger partial charge on any atom is -0.473 e. The summed E-state index contributed by atoms with van der Waals surface area (Å²) in [5.41, 5.74) is 6.04. The van der Waals surface area contributed by atoms with Crippen LogP contribution in [-0.2, 0) is 0 Å². The van der Waals surface area contributed by atoms with Crippen molar-refractivity contribution in [2.24, 2.45) is 17.1 Å². The molecule has 1 fully saturated rings. The molecule has 2 atom stereocenters. The average Bonchev–Trinajstić information content (AvgIpc) is 2.26. The molecule has 1 aliphatic rings. The number of amidine groups is 1. The Morgan fingerprint density at radius 3 is 2.63 bits per heavy atom. The van der Waals surface area contributed by atoms with Crippen LogP contribution in [0.2, 0.25) is 0 Å². The smallest absolute Gasteiger partial charge is 0.232 e. The van der Waals surface area contributed by atoms with E-state index >= 15 is 0 Å². The molecule has 5 heteroatoms. The van der Waals surface area contributed by atoms with Gasteiger partial charge >= 0.3 is 0 Å².